The summed E-state index contributed by atoms with van der Waals surface area (Å²) in [6.45, 7) is 1.52. The Morgan fingerprint density at radius 2 is 1.55 bits per heavy atom. The lowest BCUT2D eigenvalue weighted by Crippen LogP contribution is -2.50. The highest BCUT2D eigenvalue weighted by atomic mass is 19.1. The van der Waals surface area contributed by atoms with Crippen LogP contribution in [0.3, 0.4) is 0 Å². The third-order valence-electron chi connectivity index (χ3n) is 4.78. The summed E-state index contributed by atoms with van der Waals surface area (Å²) >= 11 is 0. The van der Waals surface area contributed by atoms with Crippen LogP contribution in [0.25, 0.3) is 0 Å². The van der Waals surface area contributed by atoms with Gasteiger partial charge in [-0.2, -0.15) is 0 Å². The fourth-order valence-electron chi connectivity index (χ4n) is 3.24. The minimum Gasteiger partial charge on any atom is -0.336 e. The lowest BCUT2D eigenvalue weighted by molar-refractivity contribution is -0.384. The number of Topliss-reactive ketones (excluding diaryl/α,β-unsaturated/α-hetero) is 1. The highest BCUT2D eigenvalue weighted by molar-refractivity contribution is 5.94. The number of carbonyl (C=O) groups excluding carboxylic acids is 2. The molecule has 1 amide bonds. The first-order valence-electron chi connectivity index (χ1n) is 9.06. The summed E-state index contributed by atoms with van der Waals surface area (Å²) in [5.41, 5.74) is 0.0907. The van der Waals surface area contributed by atoms with Crippen LogP contribution in [0, 0.1) is 21.7 Å². The molecule has 0 radical (unpaired) electrons. The van der Waals surface area contributed by atoms with Gasteiger partial charge in [0.2, 0.25) is 0 Å². The molecule has 1 heterocycles. The van der Waals surface area contributed by atoms with E-state index in [1.54, 1.807) is 12.1 Å². The molecular formula is C20H19F2N3O4. The summed E-state index contributed by atoms with van der Waals surface area (Å²) in [6, 6.07) is 9.11. The van der Waals surface area contributed by atoms with Gasteiger partial charge in [0.25, 0.3) is 11.6 Å². The first-order valence-corrected chi connectivity index (χ1v) is 9.06. The molecular weight excluding hydrogens is 384 g/mol. The van der Waals surface area contributed by atoms with Crippen LogP contribution in [-0.2, 0) is 11.2 Å². The average Bonchev–Trinajstić information content (AvgIpc) is 2.68. The third-order valence-corrected chi connectivity index (χ3v) is 4.78. The van der Waals surface area contributed by atoms with Crippen molar-refractivity contribution < 1.29 is 23.3 Å². The lowest BCUT2D eigenvalue weighted by atomic mass is 10.1. The van der Waals surface area contributed by atoms with Crippen molar-refractivity contribution in [2.45, 2.75) is 6.42 Å². The van der Waals surface area contributed by atoms with Crippen molar-refractivity contribution in [3.63, 3.8) is 0 Å². The molecule has 29 heavy (non-hydrogen) atoms. The van der Waals surface area contributed by atoms with Crippen LogP contribution in [0.2, 0.25) is 0 Å². The maximum atomic E-state index is 13.8. The number of benzene rings is 2. The van der Waals surface area contributed by atoms with Crippen molar-refractivity contribution in [2.75, 3.05) is 32.7 Å². The van der Waals surface area contributed by atoms with Crippen LogP contribution >= 0.6 is 0 Å². The summed E-state index contributed by atoms with van der Waals surface area (Å²) < 4.78 is 27.6. The quantitative estimate of drug-likeness (QED) is 0.547. The topological polar surface area (TPSA) is 83.8 Å². The van der Waals surface area contributed by atoms with Crippen molar-refractivity contribution in [3.8, 4) is 0 Å². The number of rotatable bonds is 6. The van der Waals surface area contributed by atoms with E-state index in [4.69, 9.17) is 0 Å². The molecule has 0 unspecified atom stereocenters. The fraction of sp³-hybridized carbons (Fsp3) is 0.300. The van der Waals surface area contributed by atoms with E-state index in [2.05, 4.69) is 0 Å². The normalized spacial score (nSPS) is 14.6. The van der Waals surface area contributed by atoms with E-state index in [-0.39, 0.29) is 37.5 Å². The van der Waals surface area contributed by atoms with Crippen LogP contribution in [0.5, 0.6) is 0 Å². The summed E-state index contributed by atoms with van der Waals surface area (Å²) in [5.74, 6) is -2.54. The van der Waals surface area contributed by atoms with Gasteiger partial charge in [0.05, 0.1) is 11.5 Å². The van der Waals surface area contributed by atoms with Gasteiger partial charge in [0, 0.05) is 44.7 Å². The number of hydrogen-bond donors (Lipinski definition) is 0. The minimum absolute atomic E-state index is 0.0340. The number of hydrogen-bond acceptors (Lipinski definition) is 5. The van der Waals surface area contributed by atoms with Crippen LogP contribution in [0.1, 0.15) is 15.9 Å². The molecule has 1 saturated heterocycles. The van der Waals surface area contributed by atoms with E-state index < -0.39 is 28.0 Å². The number of carbonyl (C=O) groups is 2. The van der Waals surface area contributed by atoms with Crippen LogP contribution < -0.4 is 0 Å². The van der Waals surface area contributed by atoms with E-state index in [0.717, 1.165) is 12.1 Å². The van der Waals surface area contributed by atoms with Crippen molar-refractivity contribution in [1.82, 2.24) is 9.80 Å². The number of piperazine rings is 1. The number of nitro benzene ring substituents is 1. The molecule has 0 aliphatic carbocycles. The van der Waals surface area contributed by atoms with Crippen LogP contribution in [-0.4, -0.2) is 59.1 Å². The van der Waals surface area contributed by atoms with Gasteiger partial charge in [-0.25, -0.2) is 8.78 Å². The SMILES string of the molecule is O=C(Cc1ccc([N+](=O)[O-])cc1)CN1CCN(C(=O)c2c(F)cccc2F)CC1. The zero-order valence-corrected chi connectivity index (χ0v) is 15.5. The van der Waals surface area contributed by atoms with Gasteiger partial charge < -0.3 is 4.90 Å². The Morgan fingerprint density at radius 3 is 2.10 bits per heavy atom. The standard InChI is InChI=1S/C20H19F2N3O4/c21-17-2-1-3-18(22)19(17)20(27)24-10-8-23(9-11-24)13-16(26)12-14-4-6-15(7-5-14)25(28)29/h1-7H,8-13H2. The Labute approximate surface area is 165 Å². The van der Waals surface area contributed by atoms with Gasteiger partial charge in [-0.05, 0) is 17.7 Å². The molecule has 9 heteroatoms. The second-order valence-electron chi connectivity index (χ2n) is 6.80. The Morgan fingerprint density at radius 1 is 0.966 bits per heavy atom. The van der Waals surface area contributed by atoms with Gasteiger partial charge in [-0.3, -0.25) is 24.6 Å². The zero-order valence-electron chi connectivity index (χ0n) is 15.5. The molecule has 1 fully saturated rings. The largest absolute Gasteiger partial charge is 0.336 e. The Hall–Kier alpha value is -3.20. The predicted molar refractivity (Wildman–Crippen MR) is 101 cm³/mol. The molecule has 7 nitrogen and oxygen atoms in total. The first kappa shape index (κ1) is 20.5. The number of nitrogens with zero attached hydrogens (tertiary/aromatic N) is 3. The maximum Gasteiger partial charge on any atom is 0.269 e. The van der Waals surface area contributed by atoms with E-state index >= 15 is 0 Å². The highest BCUT2D eigenvalue weighted by Crippen LogP contribution is 2.17. The second-order valence-corrected chi connectivity index (χ2v) is 6.80. The molecule has 3 rings (SSSR count). The average molecular weight is 403 g/mol. The van der Waals surface area contributed by atoms with E-state index in [0.29, 0.717) is 18.7 Å². The summed E-state index contributed by atoms with van der Waals surface area (Å²) in [7, 11) is 0. The fourth-order valence-corrected chi connectivity index (χ4v) is 3.24. The van der Waals surface area contributed by atoms with Gasteiger partial charge in [0.1, 0.15) is 17.2 Å². The maximum absolute atomic E-state index is 13.8. The monoisotopic (exact) mass is 403 g/mol. The Bertz CT molecular complexity index is 906. The van der Waals surface area contributed by atoms with Gasteiger partial charge in [-0.1, -0.05) is 18.2 Å². The number of nitro groups is 1. The zero-order chi connectivity index (χ0) is 21.0. The number of ketones is 1. The number of non-ortho nitro benzene ring substituents is 1. The van der Waals surface area contributed by atoms with Crippen molar-refractivity contribution in [2.24, 2.45) is 0 Å². The van der Waals surface area contributed by atoms with Gasteiger partial charge in [0.15, 0.2) is 5.78 Å². The first-order chi connectivity index (χ1) is 13.8. The van der Waals surface area contributed by atoms with Crippen LogP contribution in [0.4, 0.5) is 14.5 Å². The molecule has 0 spiro atoms. The summed E-state index contributed by atoms with van der Waals surface area (Å²) in [4.78, 5) is 38.1. The van der Waals surface area contributed by atoms with Crippen molar-refractivity contribution in [3.05, 3.63) is 75.3 Å². The summed E-state index contributed by atoms with van der Waals surface area (Å²) in [5, 5.41) is 10.7. The predicted octanol–water partition coefficient (Wildman–Crippen LogP) is 2.44. The van der Waals surface area contributed by atoms with Crippen molar-refractivity contribution >= 4 is 17.4 Å². The molecule has 0 aromatic heterocycles. The molecule has 1 aliphatic rings. The third kappa shape index (κ3) is 5.00. The molecule has 0 atom stereocenters. The Kier molecular flexibility index (Phi) is 6.28. The number of amides is 1. The Balaban J connectivity index is 1.51. The molecule has 2 aromatic carbocycles. The molecule has 2 aromatic rings. The van der Waals surface area contributed by atoms with E-state index in [9.17, 15) is 28.5 Å². The highest BCUT2D eigenvalue weighted by Gasteiger charge is 2.27. The van der Waals surface area contributed by atoms with Crippen LogP contribution in [0.15, 0.2) is 42.5 Å². The smallest absolute Gasteiger partial charge is 0.269 e. The number of halogens is 2. The molecule has 0 bridgehead atoms. The van der Waals surface area contributed by atoms with Crippen molar-refractivity contribution in [1.29, 1.82) is 0 Å². The van der Waals surface area contributed by atoms with E-state index in [1.165, 1.54) is 23.1 Å². The van der Waals surface area contributed by atoms with Gasteiger partial charge >= 0.3 is 0 Å². The summed E-state index contributed by atoms with van der Waals surface area (Å²) in [6.07, 6.45) is 0.150. The molecule has 1 aliphatic heterocycles. The second kappa shape index (κ2) is 8.87. The van der Waals surface area contributed by atoms with E-state index in [1.807, 2.05) is 4.90 Å². The molecule has 152 valence electrons. The minimum atomic E-state index is -0.893. The lowest BCUT2D eigenvalue weighted by Gasteiger charge is -2.34. The van der Waals surface area contributed by atoms with Gasteiger partial charge in [-0.15, -0.1) is 0 Å². The molecule has 0 N–H and O–H groups in total. The molecule has 0 saturated carbocycles.